The highest BCUT2D eigenvalue weighted by Gasteiger charge is 2.37. The molecule has 5 nitrogen and oxygen atoms in total. The molecule has 0 saturated heterocycles. The van der Waals surface area contributed by atoms with Crippen LogP contribution in [0.25, 0.3) is 0 Å². The molecule has 1 aliphatic heterocycles. The lowest BCUT2D eigenvalue weighted by atomic mass is 9.75. The number of aliphatic hydroxyl groups excluding tert-OH is 1. The Morgan fingerprint density at radius 2 is 1.88 bits per heavy atom. The SMILES string of the molecule is O=S(=O)(N[C@@H](c1ccc2c(c1)CCO2)C1CC(O)C1)c1ccc(F)cc1. The van der Waals surface area contributed by atoms with Gasteiger partial charge in [-0.15, -0.1) is 0 Å². The number of aliphatic hydroxyl groups is 1. The Balaban J connectivity index is 1.64. The normalized spacial score (nSPS) is 23.0. The Morgan fingerprint density at radius 1 is 1.15 bits per heavy atom. The zero-order chi connectivity index (χ0) is 18.3. The summed E-state index contributed by atoms with van der Waals surface area (Å²) < 4.78 is 46.9. The number of hydrogen-bond donors (Lipinski definition) is 2. The van der Waals surface area contributed by atoms with Crippen molar-refractivity contribution in [1.29, 1.82) is 0 Å². The van der Waals surface area contributed by atoms with Crippen LogP contribution < -0.4 is 9.46 Å². The molecule has 2 aromatic rings. The number of sulfonamides is 1. The summed E-state index contributed by atoms with van der Waals surface area (Å²) in [7, 11) is -3.81. The molecule has 7 heteroatoms. The largest absolute Gasteiger partial charge is 0.493 e. The summed E-state index contributed by atoms with van der Waals surface area (Å²) in [6.07, 6.45) is 1.50. The minimum Gasteiger partial charge on any atom is -0.493 e. The number of nitrogens with one attached hydrogen (secondary N) is 1. The molecule has 138 valence electrons. The third-order valence-corrected chi connectivity index (χ3v) is 6.56. The highest BCUT2D eigenvalue weighted by molar-refractivity contribution is 7.89. The molecule has 0 aromatic heterocycles. The second kappa shape index (κ2) is 6.64. The number of rotatable bonds is 5. The molecule has 2 aliphatic rings. The van der Waals surface area contributed by atoms with Gasteiger partial charge in [0.2, 0.25) is 10.0 Å². The minimum atomic E-state index is -3.81. The zero-order valence-corrected chi connectivity index (χ0v) is 14.9. The van der Waals surface area contributed by atoms with E-state index in [0.29, 0.717) is 19.4 Å². The van der Waals surface area contributed by atoms with Crippen molar-refractivity contribution in [3.05, 3.63) is 59.4 Å². The van der Waals surface area contributed by atoms with Crippen molar-refractivity contribution in [2.75, 3.05) is 6.61 Å². The van der Waals surface area contributed by atoms with Crippen molar-refractivity contribution in [1.82, 2.24) is 4.72 Å². The van der Waals surface area contributed by atoms with E-state index >= 15 is 0 Å². The first-order valence-corrected chi connectivity index (χ1v) is 10.1. The van der Waals surface area contributed by atoms with Gasteiger partial charge < -0.3 is 9.84 Å². The van der Waals surface area contributed by atoms with E-state index in [0.717, 1.165) is 35.4 Å². The lowest BCUT2D eigenvalue weighted by Gasteiger charge is -2.38. The van der Waals surface area contributed by atoms with Crippen LogP contribution in [0, 0.1) is 11.7 Å². The van der Waals surface area contributed by atoms with E-state index in [2.05, 4.69) is 4.72 Å². The van der Waals surface area contributed by atoms with Crippen molar-refractivity contribution in [3.8, 4) is 5.75 Å². The monoisotopic (exact) mass is 377 g/mol. The third kappa shape index (κ3) is 3.34. The fourth-order valence-electron chi connectivity index (χ4n) is 3.59. The van der Waals surface area contributed by atoms with Crippen LogP contribution in [0.3, 0.4) is 0 Å². The van der Waals surface area contributed by atoms with Crippen molar-refractivity contribution in [3.63, 3.8) is 0 Å². The molecule has 0 radical (unpaired) electrons. The molecule has 0 spiro atoms. The van der Waals surface area contributed by atoms with E-state index in [4.69, 9.17) is 4.74 Å². The number of halogens is 1. The van der Waals surface area contributed by atoms with Gasteiger partial charge in [-0.2, -0.15) is 0 Å². The molecule has 1 heterocycles. The Hall–Kier alpha value is -1.96. The molecule has 1 saturated carbocycles. The van der Waals surface area contributed by atoms with Gasteiger partial charge in [-0.25, -0.2) is 17.5 Å². The fraction of sp³-hybridized carbons (Fsp3) is 0.368. The van der Waals surface area contributed by atoms with E-state index in [-0.39, 0.29) is 10.8 Å². The molecule has 2 N–H and O–H groups in total. The average molecular weight is 377 g/mol. The fourth-order valence-corrected chi connectivity index (χ4v) is 4.88. The lowest BCUT2D eigenvalue weighted by Crippen LogP contribution is -2.41. The van der Waals surface area contributed by atoms with Gasteiger partial charge in [0.15, 0.2) is 0 Å². The van der Waals surface area contributed by atoms with E-state index in [9.17, 15) is 17.9 Å². The van der Waals surface area contributed by atoms with Gasteiger partial charge >= 0.3 is 0 Å². The third-order valence-electron chi connectivity index (χ3n) is 5.10. The molecule has 26 heavy (non-hydrogen) atoms. The number of fused-ring (bicyclic) bond motifs is 1. The van der Waals surface area contributed by atoms with Gasteiger partial charge in [0.05, 0.1) is 17.6 Å². The quantitative estimate of drug-likeness (QED) is 0.840. The van der Waals surface area contributed by atoms with Crippen molar-refractivity contribution in [2.24, 2.45) is 5.92 Å². The maximum atomic E-state index is 13.1. The van der Waals surface area contributed by atoms with E-state index < -0.39 is 28.0 Å². The maximum absolute atomic E-state index is 13.1. The van der Waals surface area contributed by atoms with Gasteiger partial charge in [0, 0.05) is 12.5 Å². The van der Waals surface area contributed by atoms with Crippen LogP contribution in [0.5, 0.6) is 5.75 Å². The molecule has 1 fully saturated rings. The predicted octanol–water partition coefficient (Wildman–Crippen LogP) is 2.55. The molecule has 1 atom stereocenters. The van der Waals surface area contributed by atoms with Gasteiger partial charge in [-0.3, -0.25) is 0 Å². The Labute approximate surface area is 151 Å². The maximum Gasteiger partial charge on any atom is 0.241 e. The van der Waals surface area contributed by atoms with E-state index in [1.165, 1.54) is 12.1 Å². The van der Waals surface area contributed by atoms with Gasteiger partial charge in [0.25, 0.3) is 0 Å². The summed E-state index contributed by atoms with van der Waals surface area (Å²) in [5.74, 6) is 0.365. The first kappa shape index (κ1) is 17.5. The molecular formula is C19H20FNO4S. The molecule has 0 amide bonds. The second-order valence-corrected chi connectivity index (χ2v) is 8.62. The molecule has 2 aromatic carbocycles. The smallest absolute Gasteiger partial charge is 0.241 e. The predicted molar refractivity (Wildman–Crippen MR) is 93.8 cm³/mol. The van der Waals surface area contributed by atoms with Crippen LogP contribution in [0.2, 0.25) is 0 Å². The molecular weight excluding hydrogens is 357 g/mol. The van der Waals surface area contributed by atoms with Gasteiger partial charge in [-0.1, -0.05) is 12.1 Å². The molecule has 0 bridgehead atoms. The summed E-state index contributed by atoms with van der Waals surface area (Å²) in [5.41, 5.74) is 1.92. The van der Waals surface area contributed by atoms with Crippen LogP contribution in [0.4, 0.5) is 4.39 Å². The summed E-state index contributed by atoms with van der Waals surface area (Å²) in [6, 6.07) is 10.0. The van der Waals surface area contributed by atoms with Gasteiger partial charge in [-0.05, 0) is 60.2 Å². The molecule has 0 unspecified atom stereocenters. The first-order valence-electron chi connectivity index (χ1n) is 8.64. The summed E-state index contributed by atoms with van der Waals surface area (Å²) in [4.78, 5) is 0.0215. The standard InChI is InChI=1S/C19H20FNO4S/c20-15-2-4-17(5-3-15)26(23,24)21-19(14-10-16(22)11-14)13-1-6-18-12(9-13)7-8-25-18/h1-6,9,14,16,19,21-22H,7-8,10-11H2/t14?,16?,19-/m0/s1. The van der Waals surface area contributed by atoms with Gasteiger partial charge in [0.1, 0.15) is 11.6 Å². The van der Waals surface area contributed by atoms with E-state index in [1.807, 2.05) is 18.2 Å². The van der Waals surface area contributed by atoms with Crippen LogP contribution in [0.1, 0.15) is 30.0 Å². The Morgan fingerprint density at radius 3 is 2.58 bits per heavy atom. The van der Waals surface area contributed by atoms with E-state index in [1.54, 1.807) is 0 Å². The van der Waals surface area contributed by atoms with Crippen LogP contribution in [-0.2, 0) is 16.4 Å². The van der Waals surface area contributed by atoms with Crippen LogP contribution in [0.15, 0.2) is 47.4 Å². The van der Waals surface area contributed by atoms with Crippen molar-refractivity contribution in [2.45, 2.75) is 36.3 Å². The molecule has 4 rings (SSSR count). The number of benzene rings is 2. The topological polar surface area (TPSA) is 75.6 Å². The van der Waals surface area contributed by atoms with Crippen LogP contribution >= 0.6 is 0 Å². The van der Waals surface area contributed by atoms with Crippen molar-refractivity contribution >= 4 is 10.0 Å². The number of hydrogen-bond acceptors (Lipinski definition) is 4. The number of ether oxygens (including phenoxy) is 1. The highest BCUT2D eigenvalue weighted by Crippen LogP contribution is 2.40. The minimum absolute atomic E-state index is 0.0144. The first-order chi connectivity index (χ1) is 12.4. The lowest BCUT2D eigenvalue weighted by molar-refractivity contribution is 0.0280. The summed E-state index contributed by atoms with van der Waals surface area (Å²) >= 11 is 0. The Bertz CT molecular complexity index is 908. The highest BCUT2D eigenvalue weighted by atomic mass is 32.2. The average Bonchev–Trinajstić information content (AvgIpc) is 3.05. The summed E-state index contributed by atoms with van der Waals surface area (Å²) in [6.45, 7) is 0.632. The Kier molecular flexibility index (Phi) is 4.46. The second-order valence-electron chi connectivity index (χ2n) is 6.90. The zero-order valence-electron chi connectivity index (χ0n) is 14.1. The van der Waals surface area contributed by atoms with Crippen LogP contribution in [-0.4, -0.2) is 26.2 Å². The summed E-state index contributed by atoms with van der Waals surface area (Å²) in [5, 5.41) is 9.68. The molecule has 1 aliphatic carbocycles. The van der Waals surface area contributed by atoms with Crippen molar-refractivity contribution < 1.29 is 22.7 Å².